The van der Waals surface area contributed by atoms with Crippen LogP contribution < -0.4 is 5.32 Å². The molecule has 3 fully saturated rings. The zero-order chi connectivity index (χ0) is 11.0. The highest BCUT2D eigenvalue weighted by atomic mass is 16.5. The van der Waals surface area contributed by atoms with E-state index >= 15 is 0 Å². The second kappa shape index (κ2) is 4.61. The fourth-order valence-corrected chi connectivity index (χ4v) is 3.45. The summed E-state index contributed by atoms with van der Waals surface area (Å²) in [5, 5.41) is 13.1. The molecule has 4 atom stereocenters. The second-order valence-corrected chi connectivity index (χ2v) is 5.36. The van der Waals surface area contributed by atoms with Crippen LogP contribution in [0, 0.1) is 5.92 Å². The van der Waals surface area contributed by atoms with Gasteiger partial charge in [0.1, 0.15) is 6.23 Å². The molecule has 0 amide bonds. The maximum Gasteiger partial charge on any atom is 0.120 e. The standard InChI is InChI=1S/C12H22N2O2/c15-12-10-7-9(8-14(10)5-4-13-12)11-3-1-2-6-16-11/h9-13,15H,1-8H2/t9-,10-,11?,12?/m0/s1. The zero-order valence-electron chi connectivity index (χ0n) is 9.77. The van der Waals surface area contributed by atoms with Crippen LogP contribution in [0.3, 0.4) is 0 Å². The van der Waals surface area contributed by atoms with E-state index in [1.807, 2.05) is 0 Å². The van der Waals surface area contributed by atoms with Crippen LogP contribution in [-0.2, 0) is 4.74 Å². The summed E-state index contributed by atoms with van der Waals surface area (Å²) < 4.78 is 5.87. The van der Waals surface area contributed by atoms with E-state index in [9.17, 15) is 5.11 Å². The van der Waals surface area contributed by atoms with Gasteiger partial charge < -0.3 is 9.84 Å². The number of hydrogen-bond donors (Lipinski definition) is 2. The number of rotatable bonds is 1. The molecule has 16 heavy (non-hydrogen) atoms. The Morgan fingerprint density at radius 1 is 1.31 bits per heavy atom. The Labute approximate surface area is 97.0 Å². The van der Waals surface area contributed by atoms with Gasteiger partial charge in [-0.3, -0.25) is 10.2 Å². The van der Waals surface area contributed by atoms with Gasteiger partial charge in [0.05, 0.1) is 6.10 Å². The van der Waals surface area contributed by atoms with Gasteiger partial charge in [0.2, 0.25) is 0 Å². The monoisotopic (exact) mass is 226 g/mol. The Hall–Kier alpha value is -0.160. The van der Waals surface area contributed by atoms with Crippen molar-refractivity contribution < 1.29 is 9.84 Å². The summed E-state index contributed by atoms with van der Waals surface area (Å²) in [4.78, 5) is 2.43. The molecular formula is C12H22N2O2. The third kappa shape index (κ3) is 1.99. The predicted molar refractivity (Wildman–Crippen MR) is 61.1 cm³/mol. The molecule has 0 bridgehead atoms. The second-order valence-electron chi connectivity index (χ2n) is 5.36. The minimum absolute atomic E-state index is 0.323. The van der Waals surface area contributed by atoms with Crippen molar-refractivity contribution in [2.45, 2.75) is 44.1 Å². The van der Waals surface area contributed by atoms with Crippen LogP contribution in [0.4, 0.5) is 0 Å². The molecule has 0 aromatic heterocycles. The van der Waals surface area contributed by atoms with Gasteiger partial charge in [-0.25, -0.2) is 0 Å². The molecule has 2 N–H and O–H groups in total. The van der Waals surface area contributed by atoms with Gasteiger partial charge in [-0.1, -0.05) is 0 Å². The normalized spacial score (nSPS) is 45.6. The lowest BCUT2D eigenvalue weighted by molar-refractivity contribution is -0.0182. The number of fused-ring (bicyclic) bond motifs is 1. The van der Waals surface area contributed by atoms with Crippen molar-refractivity contribution in [1.82, 2.24) is 10.2 Å². The predicted octanol–water partition coefficient (Wildman–Crippen LogP) is 0.168. The van der Waals surface area contributed by atoms with Crippen LogP contribution >= 0.6 is 0 Å². The lowest BCUT2D eigenvalue weighted by atomic mass is 9.93. The molecule has 0 spiro atoms. The molecule has 3 heterocycles. The molecule has 3 saturated heterocycles. The highest BCUT2D eigenvalue weighted by Crippen LogP contribution is 2.33. The van der Waals surface area contributed by atoms with Gasteiger partial charge in [0, 0.05) is 32.3 Å². The summed E-state index contributed by atoms with van der Waals surface area (Å²) >= 11 is 0. The van der Waals surface area contributed by atoms with E-state index in [-0.39, 0.29) is 6.23 Å². The maximum absolute atomic E-state index is 9.90. The smallest absolute Gasteiger partial charge is 0.120 e. The summed E-state index contributed by atoms with van der Waals surface area (Å²) in [6.07, 6.45) is 4.97. The van der Waals surface area contributed by atoms with Crippen molar-refractivity contribution in [2.75, 3.05) is 26.2 Å². The third-order valence-corrected chi connectivity index (χ3v) is 4.34. The van der Waals surface area contributed by atoms with E-state index in [0.717, 1.165) is 32.7 Å². The van der Waals surface area contributed by atoms with E-state index in [2.05, 4.69) is 10.2 Å². The Balaban J connectivity index is 1.62. The van der Waals surface area contributed by atoms with Crippen LogP contribution in [0.1, 0.15) is 25.7 Å². The van der Waals surface area contributed by atoms with E-state index in [1.54, 1.807) is 0 Å². The molecule has 3 rings (SSSR count). The minimum atomic E-state index is -0.331. The first-order valence-electron chi connectivity index (χ1n) is 6.62. The van der Waals surface area contributed by atoms with Gasteiger partial charge >= 0.3 is 0 Å². The molecule has 2 unspecified atom stereocenters. The molecule has 3 aliphatic rings. The van der Waals surface area contributed by atoms with Crippen molar-refractivity contribution in [3.63, 3.8) is 0 Å². The van der Waals surface area contributed by atoms with Crippen molar-refractivity contribution in [2.24, 2.45) is 5.92 Å². The number of nitrogens with zero attached hydrogens (tertiary/aromatic N) is 1. The van der Waals surface area contributed by atoms with Crippen molar-refractivity contribution in [3.8, 4) is 0 Å². The molecule has 4 nitrogen and oxygen atoms in total. The summed E-state index contributed by atoms with van der Waals surface area (Å²) in [6, 6.07) is 0.323. The van der Waals surface area contributed by atoms with Gasteiger partial charge in [-0.15, -0.1) is 0 Å². The molecule has 92 valence electrons. The number of ether oxygens (including phenoxy) is 1. The SMILES string of the molecule is OC1NCCN2C[C@@H](C3CCCCO3)C[C@@H]12. The molecule has 3 aliphatic heterocycles. The van der Waals surface area contributed by atoms with Crippen LogP contribution in [0.2, 0.25) is 0 Å². The highest BCUT2D eigenvalue weighted by molar-refractivity contribution is 4.95. The zero-order valence-corrected chi connectivity index (χ0v) is 9.77. The molecular weight excluding hydrogens is 204 g/mol. The first kappa shape index (κ1) is 11.0. The number of nitrogens with one attached hydrogen (secondary N) is 1. The van der Waals surface area contributed by atoms with Crippen LogP contribution in [0.25, 0.3) is 0 Å². The van der Waals surface area contributed by atoms with Crippen molar-refractivity contribution >= 4 is 0 Å². The fraction of sp³-hybridized carbons (Fsp3) is 1.00. The fourth-order valence-electron chi connectivity index (χ4n) is 3.45. The number of aliphatic hydroxyl groups excluding tert-OH is 1. The first-order valence-corrected chi connectivity index (χ1v) is 6.62. The van der Waals surface area contributed by atoms with Crippen LogP contribution in [0.15, 0.2) is 0 Å². The topological polar surface area (TPSA) is 44.7 Å². The van der Waals surface area contributed by atoms with Gasteiger partial charge in [-0.2, -0.15) is 0 Å². The maximum atomic E-state index is 9.90. The molecule has 0 aromatic rings. The summed E-state index contributed by atoms with van der Waals surface area (Å²) in [6.45, 7) is 4.04. The first-order chi connectivity index (χ1) is 7.84. The molecule has 4 heteroatoms. The van der Waals surface area contributed by atoms with E-state index < -0.39 is 0 Å². The van der Waals surface area contributed by atoms with Crippen molar-refractivity contribution in [1.29, 1.82) is 0 Å². The quantitative estimate of drug-likeness (QED) is 0.669. The Bertz CT molecular complexity index is 243. The van der Waals surface area contributed by atoms with Crippen LogP contribution in [-0.4, -0.2) is 54.6 Å². The van der Waals surface area contributed by atoms with Gasteiger partial charge in [0.15, 0.2) is 0 Å². The number of aliphatic hydroxyl groups is 1. The third-order valence-electron chi connectivity index (χ3n) is 4.34. The minimum Gasteiger partial charge on any atom is -0.378 e. The van der Waals surface area contributed by atoms with E-state index in [1.165, 1.54) is 19.3 Å². The molecule has 0 saturated carbocycles. The molecule has 0 aromatic carbocycles. The average molecular weight is 226 g/mol. The lowest BCUT2D eigenvalue weighted by Gasteiger charge is -2.34. The Kier molecular flexibility index (Phi) is 3.16. The van der Waals surface area contributed by atoms with Gasteiger partial charge in [-0.05, 0) is 31.6 Å². The molecule has 0 aliphatic carbocycles. The van der Waals surface area contributed by atoms with Crippen LogP contribution in [0.5, 0.6) is 0 Å². The number of hydrogen-bond acceptors (Lipinski definition) is 4. The summed E-state index contributed by atoms with van der Waals surface area (Å²) in [5.41, 5.74) is 0. The summed E-state index contributed by atoms with van der Waals surface area (Å²) in [7, 11) is 0. The average Bonchev–Trinajstić information content (AvgIpc) is 2.76. The number of piperazine rings is 1. The van der Waals surface area contributed by atoms with Crippen molar-refractivity contribution in [3.05, 3.63) is 0 Å². The summed E-state index contributed by atoms with van der Waals surface area (Å²) in [5.74, 6) is 0.639. The van der Waals surface area contributed by atoms with E-state index in [4.69, 9.17) is 4.74 Å². The van der Waals surface area contributed by atoms with Gasteiger partial charge in [0.25, 0.3) is 0 Å². The Morgan fingerprint density at radius 3 is 3.00 bits per heavy atom. The Morgan fingerprint density at radius 2 is 2.25 bits per heavy atom. The highest BCUT2D eigenvalue weighted by Gasteiger charge is 2.41. The molecule has 0 radical (unpaired) electrons. The largest absolute Gasteiger partial charge is 0.378 e. The van der Waals surface area contributed by atoms with E-state index in [0.29, 0.717) is 18.1 Å². The lowest BCUT2D eigenvalue weighted by Crippen LogP contribution is -2.54.